The average Bonchev–Trinajstić information content (AvgIpc) is 3.17. The van der Waals surface area contributed by atoms with Gasteiger partial charge in [0.2, 0.25) is 11.8 Å². The van der Waals surface area contributed by atoms with Crippen molar-refractivity contribution in [2.75, 3.05) is 13.1 Å². The van der Waals surface area contributed by atoms with Gasteiger partial charge in [0.1, 0.15) is 6.10 Å². The van der Waals surface area contributed by atoms with Gasteiger partial charge in [-0.2, -0.15) is 5.10 Å². The Morgan fingerprint density at radius 1 is 1.43 bits per heavy atom. The topological polar surface area (TPSA) is 55.3 Å². The Labute approximate surface area is 126 Å². The number of aromatic nitrogens is 2. The van der Waals surface area contributed by atoms with Gasteiger partial charge in [-0.25, -0.2) is 0 Å². The van der Waals surface area contributed by atoms with E-state index in [0.29, 0.717) is 19.0 Å². The first-order chi connectivity index (χ1) is 10.3. The second-order valence-electron chi connectivity index (χ2n) is 4.72. The van der Waals surface area contributed by atoms with Gasteiger partial charge in [0.25, 0.3) is 0 Å². The van der Waals surface area contributed by atoms with Gasteiger partial charge in [-0.15, -0.1) is 16.4 Å². The van der Waals surface area contributed by atoms with E-state index < -0.39 is 0 Å². The van der Waals surface area contributed by atoms with Crippen LogP contribution in [0.2, 0.25) is 0 Å². The Morgan fingerprint density at radius 3 is 3.14 bits per heavy atom. The predicted octanol–water partition coefficient (Wildman–Crippen LogP) is 2.23. The largest absolute Gasteiger partial charge is 0.471 e. The summed E-state index contributed by atoms with van der Waals surface area (Å²) in [4.78, 5) is 15.0. The van der Waals surface area contributed by atoms with Crippen LogP contribution in [0.4, 0.5) is 0 Å². The van der Waals surface area contributed by atoms with E-state index in [4.69, 9.17) is 4.74 Å². The molecule has 1 saturated heterocycles. The molecule has 5 nitrogen and oxygen atoms in total. The van der Waals surface area contributed by atoms with Crippen LogP contribution in [0.25, 0.3) is 6.08 Å². The summed E-state index contributed by atoms with van der Waals surface area (Å²) in [5.41, 5.74) is 0. The van der Waals surface area contributed by atoms with Crippen LogP contribution in [0, 0.1) is 0 Å². The molecular formula is C15H15N3O2S. The van der Waals surface area contributed by atoms with Gasteiger partial charge in [0, 0.05) is 36.2 Å². The third kappa shape index (κ3) is 3.66. The van der Waals surface area contributed by atoms with Crippen molar-refractivity contribution in [2.45, 2.75) is 12.5 Å². The number of nitrogens with zero attached hydrogens (tertiary/aromatic N) is 3. The van der Waals surface area contributed by atoms with E-state index in [9.17, 15) is 4.79 Å². The first kappa shape index (κ1) is 13.8. The lowest BCUT2D eigenvalue weighted by atomic mass is 10.3. The summed E-state index contributed by atoms with van der Waals surface area (Å²) in [7, 11) is 0. The zero-order valence-corrected chi connectivity index (χ0v) is 12.2. The lowest BCUT2D eigenvalue weighted by Gasteiger charge is -2.14. The highest BCUT2D eigenvalue weighted by Gasteiger charge is 2.26. The maximum atomic E-state index is 12.1. The summed E-state index contributed by atoms with van der Waals surface area (Å²) >= 11 is 1.61. The lowest BCUT2D eigenvalue weighted by Crippen LogP contribution is -2.29. The Bertz CT molecular complexity index is 613. The maximum Gasteiger partial charge on any atom is 0.246 e. The Kier molecular flexibility index (Phi) is 4.25. The van der Waals surface area contributed by atoms with Crippen molar-refractivity contribution in [3.05, 3.63) is 46.8 Å². The predicted molar refractivity (Wildman–Crippen MR) is 81.0 cm³/mol. The number of likely N-dealkylation sites (tertiary alicyclic amines) is 1. The fourth-order valence-electron chi connectivity index (χ4n) is 2.19. The smallest absolute Gasteiger partial charge is 0.246 e. The molecule has 1 fully saturated rings. The quantitative estimate of drug-likeness (QED) is 0.813. The highest BCUT2D eigenvalue weighted by atomic mass is 32.1. The van der Waals surface area contributed by atoms with Crippen molar-refractivity contribution in [3.8, 4) is 5.88 Å². The molecule has 2 aromatic heterocycles. The van der Waals surface area contributed by atoms with Gasteiger partial charge in [0.15, 0.2) is 0 Å². The molecule has 1 aliphatic heterocycles. The molecule has 3 rings (SSSR count). The monoisotopic (exact) mass is 301 g/mol. The highest BCUT2D eigenvalue weighted by Crippen LogP contribution is 2.17. The molecule has 1 atom stereocenters. The molecule has 0 bridgehead atoms. The van der Waals surface area contributed by atoms with Crippen molar-refractivity contribution >= 4 is 23.3 Å². The van der Waals surface area contributed by atoms with Gasteiger partial charge in [-0.3, -0.25) is 4.79 Å². The highest BCUT2D eigenvalue weighted by molar-refractivity contribution is 7.10. The van der Waals surface area contributed by atoms with Crippen LogP contribution in [0.5, 0.6) is 5.88 Å². The van der Waals surface area contributed by atoms with E-state index in [2.05, 4.69) is 10.2 Å². The molecule has 1 aliphatic rings. The van der Waals surface area contributed by atoms with Gasteiger partial charge in [-0.05, 0) is 23.6 Å². The molecule has 21 heavy (non-hydrogen) atoms. The minimum Gasteiger partial charge on any atom is -0.471 e. The third-order valence-electron chi connectivity index (χ3n) is 3.23. The summed E-state index contributed by atoms with van der Waals surface area (Å²) < 4.78 is 5.72. The van der Waals surface area contributed by atoms with E-state index in [1.54, 1.807) is 40.6 Å². The van der Waals surface area contributed by atoms with E-state index in [-0.39, 0.29) is 12.0 Å². The van der Waals surface area contributed by atoms with E-state index in [1.165, 1.54) is 0 Å². The van der Waals surface area contributed by atoms with Crippen molar-refractivity contribution in [1.82, 2.24) is 15.1 Å². The molecule has 0 unspecified atom stereocenters. The van der Waals surface area contributed by atoms with Crippen LogP contribution in [-0.2, 0) is 4.79 Å². The number of hydrogen-bond acceptors (Lipinski definition) is 5. The summed E-state index contributed by atoms with van der Waals surface area (Å²) in [6.45, 7) is 1.29. The van der Waals surface area contributed by atoms with Crippen LogP contribution < -0.4 is 4.74 Å². The zero-order chi connectivity index (χ0) is 14.5. The minimum absolute atomic E-state index is 0.0132. The van der Waals surface area contributed by atoms with Crippen LogP contribution in [-0.4, -0.2) is 40.2 Å². The molecule has 0 radical (unpaired) electrons. The van der Waals surface area contributed by atoms with Crippen molar-refractivity contribution in [1.29, 1.82) is 0 Å². The molecule has 0 aromatic carbocycles. The Balaban J connectivity index is 1.53. The number of ether oxygens (including phenoxy) is 1. The van der Waals surface area contributed by atoms with Crippen LogP contribution in [0.3, 0.4) is 0 Å². The molecule has 0 saturated carbocycles. The Morgan fingerprint density at radius 2 is 2.38 bits per heavy atom. The second kappa shape index (κ2) is 6.49. The van der Waals surface area contributed by atoms with Gasteiger partial charge >= 0.3 is 0 Å². The third-order valence-corrected chi connectivity index (χ3v) is 4.06. The van der Waals surface area contributed by atoms with Gasteiger partial charge in [-0.1, -0.05) is 6.07 Å². The molecule has 1 amide bonds. The van der Waals surface area contributed by atoms with Gasteiger partial charge < -0.3 is 9.64 Å². The van der Waals surface area contributed by atoms with E-state index in [0.717, 1.165) is 11.3 Å². The molecule has 6 heteroatoms. The number of amides is 1. The first-order valence-corrected chi connectivity index (χ1v) is 7.64. The van der Waals surface area contributed by atoms with Crippen LogP contribution >= 0.6 is 11.3 Å². The lowest BCUT2D eigenvalue weighted by molar-refractivity contribution is -0.125. The number of thiophene rings is 1. The van der Waals surface area contributed by atoms with E-state index >= 15 is 0 Å². The number of hydrogen-bond donors (Lipinski definition) is 0. The standard InChI is InChI=1S/C15H15N3O2S/c19-15(6-5-13-3-2-10-21-13)18-9-7-12(11-18)20-14-4-1-8-16-17-14/h1-6,8,10,12H,7,9,11H2/b6-5+/t12-/m1/s1. The summed E-state index contributed by atoms with van der Waals surface area (Å²) in [5.74, 6) is 0.527. The Hall–Kier alpha value is -2.21. The number of carbonyl (C=O) groups excluding carboxylic acids is 1. The normalized spacial score (nSPS) is 18.3. The summed E-state index contributed by atoms with van der Waals surface area (Å²) in [6, 6.07) is 7.51. The van der Waals surface area contributed by atoms with Gasteiger partial charge in [0.05, 0.1) is 6.54 Å². The molecule has 0 N–H and O–H groups in total. The molecule has 0 aliphatic carbocycles. The minimum atomic E-state index is -0.0132. The SMILES string of the molecule is O=C(/C=C/c1cccs1)N1CC[C@@H](Oc2cccnn2)C1. The summed E-state index contributed by atoms with van der Waals surface area (Å²) in [6.07, 6.45) is 5.88. The molecule has 108 valence electrons. The van der Waals surface area contributed by atoms with Crippen LogP contribution in [0.1, 0.15) is 11.3 Å². The van der Waals surface area contributed by atoms with E-state index in [1.807, 2.05) is 23.6 Å². The number of carbonyl (C=O) groups is 1. The summed E-state index contributed by atoms with van der Waals surface area (Å²) in [5, 5.41) is 9.66. The fraction of sp³-hybridized carbons (Fsp3) is 0.267. The van der Waals surface area contributed by atoms with Crippen molar-refractivity contribution in [3.63, 3.8) is 0 Å². The molecular weight excluding hydrogens is 286 g/mol. The molecule has 2 aromatic rings. The molecule has 3 heterocycles. The first-order valence-electron chi connectivity index (χ1n) is 6.76. The second-order valence-corrected chi connectivity index (χ2v) is 5.70. The van der Waals surface area contributed by atoms with Crippen molar-refractivity contribution < 1.29 is 9.53 Å². The average molecular weight is 301 g/mol. The zero-order valence-electron chi connectivity index (χ0n) is 11.4. The number of rotatable bonds is 4. The van der Waals surface area contributed by atoms with Crippen LogP contribution in [0.15, 0.2) is 41.9 Å². The maximum absolute atomic E-state index is 12.1. The van der Waals surface area contributed by atoms with Crippen molar-refractivity contribution in [2.24, 2.45) is 0 Å². The fourth-order valence-corrected chi connectivity index (χ4v) is 2.81. The molecule has 0 spiro atoms.